The van der Waals surface area contributed by atoms with Crippen molar-refractivity contribution in [3.05, 3.63) is 46.4 Å². The van der Waals surface area contributed by atoms with Gasteiger partial charge in [0.1, 0.15) is 10.8 Å². The first kappa shape index (κ1) is 17.0. The van der Waals surface area contributed by atoms with Crippen LogP contribution in [0.15, 0.2) is 35.7 Å². The average molecular weight is 344 g/mol. The van der Waals surface area contributed by atoms with Crippen LogP contribution in [0.3, 0.4) is 0 Å². The minimum absolute atomic E-state index is 0.117. The lowest BCUT2D eigenvalue weighted by molar-refractivity contribution is -0.127. The van der Waals surface area contributed by atoms with Crippen LogP contribution in [0.2, 0.25) is 0 Å². The van der Waals surface area contributed by atoms with E-state index in [1.54, 1.807) is 18.3 Å². The Bertz CT molecular complexity index is 650. The molecule has 1 fully saturated rings. The number of carbonyl (C=O) groups excluding carboxylic acids is 1. The molecule has 4 nitrogen and oxygen atoms in total. The van der Waals surface area contributed by atoms with Crippen LogP contribution in [0, 0.1) is 0 Å². The molecule has 3 rings (SSSR count). The van der Waals surface area contributed by atoms with Gasteiger partial charge in [0, 0.05) is 11.3 Å². The van der Waals surface area contributed by atoms with Crippen molar-refractivity contribution in [3.63, 3.8) is 0 Å². The van der Waals surface area contributed by atoms with Gasteiger partial charge >= 0.3 is 0 Å². The number of hydrogen-bond donors (Lipinski definition) is 1. The third-order valence-electron chi connectivity index (χ3n) is 4.43. The lowest BCUT2D eigenvalue weighted by atomic mass is 9.87. The van der Waals surface area contributed by atoms with E-state index in [4.69, 9.17) is 9.72 Å². The summed E-state index contributed by atoms with van der Waals surface area (Å²) in [6.07, 6.45) is 5.94. The van der Waals surface area contributed by atoms with E-state index in [1.807, 2.05) is 30.3 Å². The molecule has 1 N–H and O–H groups in total. The number of nitrogens with zero attached hydrogens (tertiary/aromatic N) is 1. The molecule has 5 heteroatoms. The quantitative estimate of drug-likeness (QED) is 0.851. The summed E-state index contributed by atoms with van der Waals surface area (Å²) in [4.78, 5) is 16.9. The summed E-state index contributed by atoms with van der Waals surface area (Å²) < 4.78 is 5.64. The molecule has 1 heterocycles. The standard InChI is InChI=1S/C19H24N2O2S/c1-14(23-16-10-6-3-7-11-16)19(22)20-12-18-21-17(13-24-18)15-8-4-2-5-9-15/h3,6-7,10-11,13-15H,2,4-5,8-9,12H2,1H3,(H,20,22)/t14-/m1/s1. The van der Waals surface area contributed by atoms with Gasteiger partial charge in [-0.3, -0.25) is 4.79 Å². The largest absolute Gasteiger partial charge is 0.481 e. The molecule has 1 atom stereocenters. The summed E-state index contributed by atoms with van der Waals surface area (Å²) in [6.45, 7) is 2.23. The van der Waals surface area contributed by atoms with Crippen molar-refractivity contribution in [2.75, 3.05) is 0 Å². The van der Waals surface area contributed by atoms with Crippen molar-refractivity contribution >= 4 is 17.2 Å². The summed E-state index contributed by atoms with van der Waals surface area (Å²) in [6, 6.07) is 9.40. The first-order valence-corrected chi connectivity index (χ1v) is 9.54. The normalized spacial score (nSPS) is 16.5. The maximum atomic E-state index is 12.2. The summed E-state index contributed by atoms with van der Waals surface area (Å²) in [5.41, 5.74) is 1.21. The molecule has 0 spiro atoms. The molecule has 1 aromatic carbocycles. The molecule has 0 radical (unpaired) electrons. The van der Waals surface area contributed by atoms with Crippen LogP contribution in [0.5, 0.6) is 5.75 Å². The predicted octanol–water partition coefficient (Wildman–Crippen LogP) is 4.27. The van der Waals surface area contributed by atoms with Gasteiger partial charge in [0.05, 0.1) is 12.2 Å². The SMILES string of the molecule is C[C@@H](Oc1ccccc1)C(=O)NCc1nc(C2CCCCC2)cs1. The molecular formula is C19H24N2O2S. The van der Waals surface area contributed by atoms with Crippen LogP contribution in [0.25, 0.3) is 0 Å². The predicted molar refractivity (Wildman–Crippen MR) is 96.3 cm³/mol. The molecule has 24 heavy (non-hydrogen) atoms. The highest BCUT2D eigenvalue weighted by Gasteiger charge is 2.19. The fourth-order valence-corrected chi connectivity index (χ4v) is 3.87. The maximum absolute atomic E-state index is 12.2. The molecule has 1 saturated carbocycles. The monoisotopic (exact) mass is 344 g/mol. The molecule has 1 amide bonds. The topological polar surface area (TPSA) is 51.2 Å². The molecule has 1 aromatic heterocycles. The Morgan fingerprint density at radius 1 is 1.29 bits per heavy atom. The second-order valence-corrected chi connectivity index (χ2v) is 7.23. The highest BCUT2D eigenvalue weighted by Crippen LogP contribution is 2.32. The highest BCUT2D eigenvalue weighted by molar-refractivity contribution is 7.09. The molecular weight excluding hydrogens is 320 g/mol. The fraction of sp³-hybridized carbons (Fsp3) is 0.474. The number of hydrogen-bond acceptors (Lipinski definition) is 4. The first-order valence-electron chi connectivity index (χ1n) is 8.66. The van der Waals surface area contributed by atoms with Gasteiger partial charge in [0.15, 0.2) is 6.10 Å². The van der Waals surface area contributed by atoms with Crippen molar-refractivity contribution in [1.82, 2.24) is 10.3 Å². The molecule has 128 valence electrons. The Balaban J connectivity index is 1.48. The third-order valence-corrected chi connectivity index (χ3v) is 5.30. The number of aromatic nitrogens is 1. The molecule has 0 bridgehead atoms. The van der Waals surface area contributed by atoms with E-state index in [0.29, 0.717) is 18.2 Å². The summed E-state index contributed by atoms with van der Waals surface area (Å²) >= 11 is 1.63. The molecule has 1 aliphatic rings. The van der Waals surface area contributed by atoms with Gasteiger partial charge in [0.2, 0.25) is 0 Å². The zero-order valence-corrected chi connectivity index (χ0v) is 14.8. The Morgan fingerprint density at radius 3 is 2.79 bits per heavy atom. The van der Waals surface area contributed by atoms with Crippen LogP contribution in [-0.2, 0) is 11.3 Å². The van der Waals surface area contributed by atoms with E-state index in [9.17, 15) is 4.79 Å². The van der Waals surface area contributed by atoms with Crippen molar-refractivity contribution in [2.24, 2.45) is 0 Å². The van der Waals surface area contributed by atoms with Crippen molar-refractivity contribution in [3.8, 4) is 5.75 Å². The smallest absolute Gasteiger partial charge is 0.261 e. The van der Waals surface area contributed by atoms with Gasteiger partial charge in [0.25, 0.3) is 5.91 Å². The van der Waals surface area contributed by atoms with E-state index < -0.39 is 6.10 Å². The van der Waals surface area contributed by atoms with Crippen molar-refractivity contribution in [2.45, 2.75) is 57.6 Å². The maximum Gasteiger partial charge on any atom is 0.261 e. The zero-order valence-electron chi connectivity index (χ0n) is 14.0. The number of amides is 1. The number of ether oxygens (including phenoxy) is 1. The van der Waals surface area contributed by atoms with E-state index in [-0.39, 0.29) is 5.91 Å². The van der Waals surface area contributed by atoms with Crippen LogP contribution < -0.4 is 10.1 Å². The minimum atomic E-state index is -0.523. The van der Waals surface area contributed by atoms with Gasteiger partial charge in [-0.2, -0.15) is 0 Å². The van der Waals surface area contributed by atoms with E-state index in [2.05, 4.69) is 10.7 Å². The third kappa shape index (κ3) is 4.57. The molecule has 0 aliphatic heterocycles. The average Bonchev–Trinajstić information content (AvgIpc) is 3.10. The van der Waals surface area contributed by atoms with E-state index in [0.717, 1.165) is 5.01 Å². The second kappa shape index (κ2) is 8.29. The van der Waals surface area contributed by atoms with Crippen molar-refractivity contribution in [1.29, 1.82) is 0 Å². The number of thiazole rings is 1. The zero-order chi connectivity index (χ0) is 16.8. The van der Waals surface area contributed by atoms with Gasteiger partial charge < -0.3 is 10.1 Å². The number of carbonyl (C=O) groups is 1. The number of nitrogens with one attached hydrogen (secondary N) is 1. The highest BCUT2D eigenvalue weighted by atomic mass is 32.1. The summed E-state index contributed by atoms with van der Waals surface area (Å²) in [5, 5.41) is 6.04. The lowest BCUT2D eigenvalue weighted by Crippen LogP contribution is -2.35. The Labute approximate surface area is 147 Å². The fourth-order valence-electron chi connectivity index (χ4n) is 3.06. The van der Waals surface area contributed by atoms with Gasteiger partial charge in [-0.25, -0.2) is 4.98 Å². The first-order chi connectivity index (χ1) is 11.7. The van der Waals surface area contributed by atoms with E-state index >= 15 is 0 Å². The molecule has 0 unspecified atom stereocenters. The second-order valence-electron chi connectivity index (χ2n) is 6.29. The van der Waals surface area contributed by atoms with Crippen LogP contribution in [0.4, 0.5) is 0 Å². The Hall–Kier alpha value is -1.88. The lowest BCUT2D eigenvalue weighted by Gasteiger charge is -2.19. The number of rotatable bonds is 6. The van der Waals surface area contributed by atoms with E-state index in [1.165, 1.54) is 37.8 Å². The Morgan fingerprint density at radius 2 is 2.04 bits per heavy atom. The number of para-hydroxylation sites is 1. The van der Waals surface area contributed by atoms with Crippen LogP contribution in [-0.4, -0.2) is 17.0 Å². The van der Waals surface area contributed by atoms with Crippen molar-refractivity contribution < 1.29 is 9.53 Å². The molecule has 0 saturated heterocycles. The number of benzene rings is 1. The minimum Gasteiger partial charge on any atom is -0.481 e. The van der Waals surface area contributed by atoms with Crippen LogP contribution in [0.1, 0.15) is 55.6 Å². The molecule has 2 aromatic rings. The van der Waals surface area contributed by atoms with Crippen LogP contribution >= 0.6 is 11.3 Å². The Kier molecular flexibility index (Phi) is 5.86. The van der Waals surface area contributed by atoms with Gasteiger partial charge in [-0.05, 0) is 31.9 Å². The van der Waals surface area contributed by atoms with Gasteiger partial charge in [-0.15, -0.1) is 11.3 Å². The molecule has 1 aliphatic carbocycles. The summed E-state index contributed by atoms with van der Waals surface area (Å²) in [5.74, 6) is 1.20. The van der Waals surface area contributed by atoms with Gasteiger partial charge in [-0.1, -0.05) is 37.5 Å². The summed E-state index contributed by atoms with van der Waals surface area (Å²) in [7, 11) is 0.